The lowest BCUT2D eigenvalue weighted by molar-refractivity contribution is -0.121. The van der Waals surface area contributed by atoms with Gasteiger partial charge in [-0.25, -0.2) is 0 Å². The quantitative estimate of drug-likeness (QED) is 0.443. The van der Waals surface area contributed by atoms with Gasteiger partial charge in [0.1, 0.15) is 5.75 Å². The van der Waals surface area contributed by atoms with Crippen molar-refractivity contribution in [1.82, 2.24) is 10.3 Å². The number of methoxy groups -OCH3 is 1. The van der Waals surface area contributed by atoms with Gasteiger partial charge in [-0.1, -0.05) is 57.0 Å². The van der Waals surface area contributed by atoms with Crippen molar-refractivity contribution in [1.29, 1.82) is 0 Å². The molecule has 154 valence electrons. The molecule has 0 aliphatic rings. The fraction of sp³-hybridized carbons (Fsp3) is 0.400. The molecule has 3 aromatic rings. The zero-order valence-corrected chi connectivity index (χ0v) is 17.8. The summed E-state index contributed by atoms with van der Waals surface area (Å²) in [5.41, 5.74) is 4.71. The lowest BCUT2D eigenvalue weighted by atomic mass is 9.87. The number of rotatable bonds is 10. The van der Waals surface area contributed by atoms with Crippen LogP contribution in [0.3, 0.4) is 0 Å². The number of H-pyrrole nitrogens is 1. The third-order valence-corrected chi connectivity index (χ3v) is 5.58. The van der Waals surface area contributed by atoms with Gasteiger partial charge in [-0.15, -0.1) is 0 Å². The molecule has 0 spiro atoms. The molecule has 1 atom stereocenters. The normalized spacial score (nSPS) is 12.1. The molecule has 0 saturated heterocycles. The molecule has 2 aromatic carbocycles. The van der Waals surface area contributed by atoms with Crippen LogP contribution in [0.15, 0.2) is 48.7 Å². The van der Waals surface area contributed by atoms with E-state index in [0.29, 0.717) is 6.42 Å². The van der Waals surface area contributed by atoms with Crippen molar-refractivity contribution in [2.24, 2.45) is 0 Å². The maximum Gasteiger partial charge on any atom is 0.220 e. The SMILES string of the molecule is CCCCCNC(=O)CC(c1cccc(OC)c1)c1c[nH]c2c(CC)cccc12. The smallest absolute Gasteiger partial charge is 0.220 e. The Morgan fingerprint density at radius 1 is 1.14 bits per heavy atom. The van der Waals surface area contributed by atoms with Gasteiger partial charge in [0.25, 0.3) is 0 Å². The largest absolute Gasteiger partial charge is 0.497 e. The highest BCUT2D eigenvalue weighted by Gasteiger charge is 2.22. The molecule has 0 saturated carbocycles. The van der Waals surface area contributed by atoms with Crippen molar-refractivity contribution in [2.45, 2.75) is 51.9 Å². The Morgan fingerprint density at radius 2 is 1.97 bits per heavy atom. The van der Waals surface area contributed by atoms with Crippen LogP contribution in [0.25, 0.3) is 10.9 Å². The number of carbonyl (C=O) groups is 1. The summed E-state index contributed by atoms with van der Waals surface area (Å²) >= 11 is 0. The first-order valence-electron chi connectivity index (χ1n) is 10.7. The van der Waals surface area contributed by atoms with Crippen molar-refractivity contribution in [3.8, 4) is 5.75 Å². The van der Waals surface area contributed by atoms with Gasteiger partial charge in [0.15, 0.2) is 0 Å². The molecule has 1 heterocycles. The summed E-state index contributed by atoms with van der Waals surface area (Å²) in [6.45, 7) is 5.08. The number of benzene rings is 2. The third kappa shape index (κ3) is 5.00. The Balaban J connectivity index is 1.94. The van der Waals surface area contributed by atoms with Crippen LogP contribution in [0, 0.1) is 0 Å². The number of ether oxygens (including phenoxy) is 1. The van der Waals surface area contributed by atoms with Crippen molar-refractivity contribution < 1.29 is 9.53 Å². The zero-order valence-electron chi connectivity index (χ0n) is 17.8. The maximum atomic E-state index is 12.7. The van der Waals surface area contributed by atoms with E-state index in [-0.39, 0.29) is 11.8 Å². The number of amides is 1. The highest BCUT2D eigenvalue weighted by Crippen LogP contribution is 2.35. The lowest BCUT2D eigenvalue weighted by Gasteiger charge is -2.18. The van der Waals surface area contributed by atoms with E-state index in [1.807, 2.05) is 18.2 Å². The first kappa shape index (κ1) is 21.0. The first-order valence-corrected chi connectivity index (χ1v) is 10.7. The predicted molar refractivity (Wildman–Crippen MR) is 120 cm³/mol. The fourth-order valence-corrected chi connectivity index (χ4v) is 3.95. The number of fused-ring (bicyclic) bond motifs is 1. The van der Waals surface area contributed by atoms with Crippen molar-refractivity contribution in [3.05, 3.63) is 65.4 Å². The number of aryl methyl sites for hydroxylation is 1. The first-order chi connectivity index (χ1) is 14.2. The average molecular weight is 393 g/mol. The predicted octanol–water partition coefficient (Wildman–Crippen LogP) is 5.57. The van der Waals surface area contributed by atoms with Crippen molar-refractivity contribution in [2.75, 3.05) is 13.7 Å². The number of aromatic amines is 1. The molecule has 29 heavy (non-hydrogen) atoms. The van der Waals surface area contributed by atoms with Crippen molar-refractivity contribution in [3.63, 3.8) is 0 Å². The average Bonchev–Trinajstić information content (AvgIpc) is 3.19. The summed E-state index contributed by atoms with van der Waals surface area (Å²) < 4.78 is 5.43. The van der Waals surface area contributed by atoms with Gasteiger partial charge in [-0.2, -0.15) is 0 Å². The van der Waals surface area contributed by atoms with Gasteiger partial charge < -0.3 is 15.0 Å². The van der Waals surface area contributed by atoms with E-state index in [1.165, 1.54) is 16.5 Å². The van der Waals surface area contributed by atoms with Gasteiger partial charge in [0, 0.05) is 36.0 Å². The van der Waals surface area contributed by atoms with Crippen LogP contribution >= 0.6 is 0 Å². The van der Waals surface area contributed by atoms with Gasteiger partial charge >= 0.3 is 0 Å². The Hall–Kier alpha value is -2.75. The minimum atomic E-state index is -0.0304. The molecular formula is C25H32N2O2. The van der Waals surface area contributed by atoms with Crippen molar-refractivity contribution >= 4 is 16.8 Å². The van der Waals surface area contributed by atoms with Crippen LogP contribution in [0.4, 0.5) is 0 Å². The van der Waals surface area contributed by atoms with Gasteiger partial charge in [-0.3, -0.25) is 4.79 Å². The number of unbranched alkanes of at least 4 members (excludes halogenated alkanes) is 2. The summed E-state index contributed by atoms with van der Waals surface area (Å²) in [6, 6.07) is 14.5. The van der Waals surface area contributed by atoms with Gasteiger partial charge in [0.2, 0.25) is 5.91 Å². The fourth-order valence-electron chi connectivity index (χ4n) is 3.95. The number of para-hydroxylation sites is 1. The van der Waals surface area contributed by atoms with Crippen LogP contribution in [0.5, 0.6) is 5.75 Å². The molecule has 1 unspecified atom stereocenters. The zero-order chi connectivity index (χ0) is 20.6. The molecule has 0 radical (unpaired) electrons. The van der Waals surface area contributed by atoms with E-state index in [9.17, 15) is 4.79 Å². The number of nitrogens with one attached hydrogen (secondary N) is 2. The molecular weight excluding hydrogens is 360 g/mol. The second-order valence-corrected chi connectivity index (χ2v) is 7.53. The second-order valence-electron chi connectivity index (χ2n) is 7.53. The Bertz CT molecular complexity index is 945. The number of carbonyl (C=O) groups excluding carboxylic acids is 1. The number of hydrogen-bond donors (Lipinski definition) is 2. The molecule has 4 heteroatoms. The molecule has 0 aliphatic carbocycles. The summed E-state index contributed by atoms with van der Waals surface area (Å²) in [5.74, 6) is 0.872. The van der Waals surface area contributed by atoms with Gasteiger partial charge in [-0.05, 0) is 41.7 Å². The van der Waals surface area contributed by atoms with Crippen LogP contribution < -0.4 is 10.1 Å². The summed E-state index contributed by atoms with van der Waals surface area (Å²) in [7, 11) is 1.67. The number of hydrogen-bond acceptors (Lipinski definition) is 2. The molecule has 0 aliphatic heterocycles. The van der Waals surface area contributed by atoms with E-state index < -0.39 is 0 Å². The molecule has 0 fully saturated rings. The summed E-state index contributed by atoms with van der Waals surface area (Å²) in [6.07, 6.45) is 6.78. The Labute approximate surface area is 173 Å². The number of aromatic nitrogens is 1. The lowest BCUT2D eigenvalue weighted by Crippen LogP contribution is -2.26. The second kappa shape index (κ2) is 10.1. The summed E-state index contributed by atoms with van der Waals surface area (Å²) in [5, 5.41) is 4.29. The standard InChI is InChI=1S/C25H32N2O2/c1-4-6-7-14-26-24(28)16-22(19-11-8-12-20(15-19)29-3)23-17-27-25-18(5-2)10-9-13-21(23)25/h8-13,15,17,22,27H,4-7,14,16H2,1-3H3,(H,26,28). The Morgan fingerprint density at radius 3 is 2.72 bits per heavy atom. The molecule has 0 bridgehead atoms. The molecule has 2 N–H and O–H groups in total. The topological polar surface area (TPSA) is 54.1 Å². The van der Waals surface area contributed by atoms with E-state index >= 15 is 0 Å². The van der Waals surface area contributed by atoms with E-state index in [1.54, 1.807) is 7.11 Å². The molecule has 3 rings (SSSR count). The minimum absolute atomic E-state index is 0.0304. The van der Waals surface area contributed by atoms with Crippen LogP contribution in [0.2, 0.25) is 0 Å². The van der Waals surface area contributed by atoms with Crippen LogP contribution in [0.1, 0.15) is 62.1 Å². The van der Waals surface area contributed by atoms with Crippen LogP contribution in [-0.4, -0.2) is 24.5 Å². The third-order valence-electron chi connectivity index (χ3n) is 5.58. The Kier molecular flexibility index (Phi) is 7.34. The van der Waals surface area contributed by atoms with E-state index in [0.717, 1.165) is 49.1 Å². The highest BCUT2D eigenvalue weighted by atomic mass is 16.5. The summed E-state index contributed by atoms with van der Waals surface area (Å²) in [4.78, 5) is 16.2. The van der Waals surface area contributed by atoms with Crippen LogP contribution in [-0.2, 0) is 11.2 Å². The van der Waals surface area contributed by atoms with E-state index in [2.05, 4.69) is 54.6 Å². The minimum Gasteiger partial charge on any atom is -0.497 e. The molecule has 1 amide bonds. The molecule has 4 nitrogen and oxygen atoms in total. The molecule has 1 aromatic heterocycles. The maximum absolute atomic E-state index is 12.7. The van der Waals surface area contributed by atoms with E-state index in [4.69, 9.17) is 4.74 Å². The monoisotopic (exact) mass is 392 g/mol. The van der Waals surface area contributed by atoms with Gasteiger partial charge in [0.05, 0.1) is 7.11 Å². The highest BCUT2D eigenvalue weighted by molar-refractivity contribution is 5.88.